The Morgan fingerprint density at radius 1 is 0.857 bits per heavy atom. The van der Waals surface area contributed by atoms with Crippen LogP contribution in [0, 0.1) is 0 Å². The summed E-state index contributed by atoms with van der Waals surface area (Å²) in [6.07, 6.45) is 1.40. The first-order valence-corrected chi connectivity index (χ1v) is 9.10. The maximum atomic E-state index is 11.9. The third-order valence-electron chi connectivity index (χ3n) is 3.77. The molecule has 7 heteroatoms. The minimum Gasteiger partial charge on any atom is -0.872 e. The molecule has 0 saturated heterocycles. The van der Waals surface area contributed by atoms with Gasteiger partial charge in [-0.2, -0.15) is 5.16 Å². The van der Waals surface area contributed by atoms with Gasteiger partial charge < -0.3 is 15.6 Å². The van der Waals surface area contributed by atoms with Crippen LogP contribution in [-0.4, -0.2) is 29.7 Å². The predicted molar refractivity (Wildman–Crippen MR) is 111 cm³/mol. The van der Waals surface area contributed by atoms with E-state index in [1.54, 1.807) is 36.4 Å². The van der Waals surface area contributed by atoms with Crippen LogP contribution in [0.15, 0.2) is 58.5 Å². The monoisotopic (exact) mass is 435 g/mol. The summed E-state index contributed by atoms with van der Waals surface area (Å²) in [5.41, 5.74) is 2.92. The molecule has 0 saturated carbocycles. The third kappa shape index (κ3) is 8.15. The molecule has 0 heterocycles. The van der Waals surface area contributed by atoms with Crippen molar-refractivity contribution >= 4 is 28.8 Å². The Balaban J connectivity index is 0.00000171. The number of aliphatic imine (C=N–C) groups is 2. The second-order valence-corrected chi connectivity index (χ2v) is 5.63. The van der Waals surface area contributed by atoms with Crippen LogP contribution in [0.1, 0.15) is 37.8 Å². The summed E-state index contributed by atoms with van der Waals surface area (Å²) in [6.45, 7) is 4.98. The second-order valence-electron chi connectivity index (χ2n) is 5.45. The van der Waals surface area contributed by atoms with Crippen molar-refractivity contribution in [3.05, 3.63) is 65.1 Å². The molecule has 0 bridgehead atoms. The first-order valence-electron chi connectivity index (χ1n) is 8.69. The van der Waals surface area contributed by atoms with Crippen LogP contribution in [0.25, 0.3) is 5.41 Å². The number of benzene rings is 2. The zero-order chi connectivity index (χ0) is 20.1. The molecule has 5 nitrogen and oxygen atoms in total. The fraction of sp³-hybridized carbons (Fsp3) is 0.286. The van der Waals surface area contributed by atoms with Crippen molar-refractivity contribution < 1.29 is 27.3 Å². The minimum absolute atomic E-state index is 0. The van der Waals surface area contributed by atoms with Crippen LogP contribution in [-0.2, 0) is 17.1 Å². The molecule has 0 spiro atoms. The molecule has 0 aliphatic carbocycles. The fourth-order valence-electron chi connectivity index (χ4n) is 2.55. The molecule has 0 aliphatic heterocycles. The average molecular weight is 435 g/mol. The third-order valence-corrected chi connectivity index (χ3v) is 3.77. The molecule has 0 aliphatic rings. The van der Waals surface area contributed by atoms with Crippen molar-refractivity contribution in [3.8, 4) is 11.5 Å². The summed E-state index contributed by atoms with van der Waals surface area (Å²) >= 11 is 3.70. The van der Waals surface area contributed by atoms with E-state index in [0.29, 0.717) is 37.1 Å². The van der Waals surface area contributed by atoms with Gasteiger partial charge >= 0.3 is 17.1 Å². The van der Waals surface area contributed by atoms with E-state index in [1.807, 2.05) is 26.0 Å². The Morgan fingerprint density at radius 2 is 1.18 bits per heavy atom. The first-order chi connectivity index (χ1) is 13.1. The maximum Gasteiger partial charge on any atom is 3.00 e. The molecule has 0 N–H and O–H groups in total. The quantitative estimate of drug-likeness (QED) is 0.288. The molecule has 0 unspecified atom stereocenters. The van der Waals surface area contributed by atoms with Gasteiger partial charge in [0.25, 0.3) is 0 Å². The SMILES string of the molecule is CCC(=NCCN=C(CC)c1ccccc1[O-])c1ccccc1[O-].[Mn+3].[N-]=C=S. The number of isothiocyanates is 1. The summed E-state index contributed by atoms with van der Waals surface area (Å²) in [6, 6.07) is 13.9. The van der Waals surface area contributed by atoms with Crippen molar-refractivity contribution in [2.45, 2.75) is 26.7 Å². The van der Waals surface area contributed by atoms with E-state index in [-0.39, 0.29) is 28.6 Å². The normalized spacial score (nSPS) is 10.9. The first kappa shape index (κ1) is 25.7. The van der Waals surface area contributed by atoms with E-state index < -0.39 is 0 Å². The van der Waals surface area contributed by atoms with Crippen LogP contribution >= 0.6 is 12.2 Å². The summed E-state index contributed by atoms with van der Waals surface area (Å²) in [7, 11) is 0. The fourth-order valence-corrected chi connectivity index (χ4v) is 2.55. The average Bonchev–Trinajstić information content (AvgIpc) is 2.67. The van der Waals surface area contributed by atoms with Crippen molar-refractivity contribution in [2.75, 3.05) is 13.1 Å². The predicted octanol–water partition coefficient (Wildman–Crippen LogP) is 3.59. The van der Waals surface area contributed by atoms with Crippen LogP contribution in [0.4, 0.5) is 0 Å². The van der Waals surface area contributed by atoms with Gasteiger partial charge in [-0.1, -0.05) is 86.1 Å². The van der Waals surface area contributed by atoms with E-state index in [9.17, 15) is 10.2 Å². The number of para-hydroxylation sites is 2. The summed E-state index contributed by atoms with van der Waals surface area (Å²) < 4.78 is 0. The van der Waals surface area contributed by atoms with Crippen molar-refractivity contribution in [2.24, 2.45) is 9.98 Å². The van der Waals surface area contributed by atoms with Gasteiger partial charge in [0.05, 0.1) is 13.1 Å². The van der Waals surface area contributed by atoms with Crippen LogP contribution in [0.2, 0.25) is 0 Å². The van der Waals surface area contributed by atoms with Gasteiger partial charge in [-0.25, -0.2) is 0 Å². The van der Waals surface area contributed by atoms with E-state index in [1.165, 1.54) is 5.16 Å². The summed E-state index contributed by atoms with van der Waals surface area (Å²) in [5, 5.41) is 32.2. The molecule has 28 heavy (non-hydrogen) atoms. The Morgan fingerprint density at radius 3 is 1.46 bits per heavy atom. The van der Waals surface area contributed by atoms with Gasteiger partial charge in [0.2, 0.25) is 0 Å². The van der Waals surface area contributed by atoms with Crippen LogP contribution in [0.5, 0.6) is 11.5 Å². The molecule has 0 fully saturated rings. The number of thiocarbonyl (C=S) groups is 1. The second kappa shape index (κ2) is 14.7. The molecule has 2 rings (SSSR count). The molecular formula is C21H22MnN3O2S. The molecule has 0 aromatic heterocycles. The number of hydrogen-bond acceptors (Lipinski definition) is 5. The van der Waals surface area contributed by atoms with E-state index in [2.05, 4.69) is 22.2 Å². The summed E-state index contributed by atoms with van der Waals surface area (Å²) in [5.74, 6) is -0.00717. The number of hydrogen-bond donors (Lipinski definition) is 0. The minimum atomic E-state index is -0.00358. The van der Waals surface area contributed by atoms with E-state index >= 15 is 0 Å². The molecule has 146 valence electrons. The summed E-state index contributed by atoms with van der Waals surface area (Å²) in [4.78, 5) is 9.05. The topological polar surface area (TPSA) is 93.1 Å². The molecule has 0 amide bonds. The van der Waals surface area contributed by atoms with Gasteiger partial charge in [-0.15, -0.1) is 0 Å². The van der Waals surface area contributed by atoms with Gasteiger partial charge in [-0.05, 0) is 24.0 Å². The number of nitrogens with zero attached hydrogens (tertiary/aromatic N) is 3. The molecular weight excluding hydrogens is 413 g/mol. The zero-order valence-electron chi connectivity index (χ0n) is 15.9. The maximum absolute atomic E-state index is 11.9. The zero-order valence-corrected chi connectivity index (χ0v) is 17.9. The van der Waals surface area contributed by atoms with E-state index in [0.717, 1.165) is 11.4 Å². The Hall–Kier alpha value is -2.30. The molecule has 0 atom stereocenters. The van der Waals surface area contributed by atoms with Gasteiger partial charge in [0.15, 0.2) is 0 Å². The molecule has 2 aromatic rings. The van der Waals surface area contributed by atoms with Crippen LogP contribution in [0.3, 0.4) is 0 Å². The number of rotatable bonds is 7. The Kier molecular flexibility index (Phi) is 13.5. The van der Waals surface area contributed by atoms with Crippen LogP contribution < -0.4 is 10.2 Å². The molecule has 0 radical (unpaired) electrons. The largest absolute Gasteiger partial charge is 3.00 e. The standard InChI is InChI=1S/C20H24N2O2.CNS.Mn/c1-3-17(15-9-5-7-11-19(15)23)21-13-14-22-18(4-2)16-10-6-8-12-20(16)24;2-1-3;/h5-12,23-24H,3-4,13-14H2,1-2H3;;/q;-1;+3/p-2. The Bertz CT molecular complexity index is 768. The molecule has 2 aromatic carbocycles. The van der Waals surface area contributed by atoms with E-state index in [4.69, 9.17) is 5.41 Å². The van der Waals surface area contributed by atoms with Gasteiger partial charge in [0.1, 0.15) is 0 Å². The van der Waals surface area contributed by atoms with Crippen molar-refractivity contribution in [1.29, 1.82) is 0 Å². The van der Waals surface area contributed by atoms with Gasteiger partial charge in [0, 0.05) is 11.4 Å². The Labute approximate surface area is 182 Å². The van der Waals surface area contributed by atoms with Gasteiger partial charge in [-0.3, -0.25) is 9.98 Å². The van der Waals surface area contributed by atoms with Crippen molar-refractivity contribution in [3.63, 3.8) is 0 Å². The van der Waals surface area contributed by atoms with Crippen molar-refractivity contribution in [1.82, 2.24) is 0 Å². The smallest absolute Gasteiger partial charge is 0.872 e.